The number of ether oxygens (including phenoxy) is 2. The van der Waals surface area contributed by atoms with Crippen molar-refractivity contribution < 1.29 is 24.2 Å². The second-order valence-electron chi connectivity index (χ2n) is 12.7. The summed E-state index contributed by atoms with van der Waals surface area (Å²) in [6, 6.07) is 0. The van der Waals surface area contributed by atoms with E-state index in [4.69, 9.17) is 9.47 Å². The van der Waals surface area contributed by atoms with E-state index in [0.29, 0.717) is 36.6 Å². The molecule has 9 atom stereocenters. The fourth-order valence-corrected chi connectivity index (χ4v) is 9.77. The maximum Gasteiger partial charge on any atom is 0.302 e. The maximum atomic E-state index is 12.9. The number of carbonyl (C=O) groups is 2. The van der Waals surface area contributed by atoms with Crippen LogP contribution in [0.1, 0.15) is 80.1 Å². The van der Waals surface area contributed by atoms with Crippen molar-refractivity contribution in [1.82, 2.24) is 0 Å². The predicted octanol–water partition coefficient (Wildman–Crippen LogP) is 4.67. The molecular formula is C27H40O5. The zero-order valence-electron chi connectivity index (χ0n) is 20.6. The van der Waals surface area contributed by atoms with Crippen LogP contribution in [-0.4, -0.2) is 35.9 Å². The van der Waals surface area contributed by atoms with Crippen LogP contribution in [0.3, 0.4) is 0 Å². The molecule has 5 aliphatic rings. The van der Waals surface area contributed by atoms with Gasteiger partial charge in [-0.25, -0.2) is 0 Å². The predicted molar refractivity (Wildman–Crippen MR) is 120 cm³/mol. The van der Waals surface area contributed by atoms with Crippen LogP contribution in [0.2, 0.25) is 0 Å². The molecule has 3 saturated carbocycles. The average Bonchev–Trinajstić information content (AvgIpc) is 3.08. The average molecular weight is 445 g/mol. The van der Waals surface area contributed by atoms with Crippen molar-refractivity contribution in [3.05, 3.63) is 11.6 Å². The minimum Gasteiger partial charge on any atom is -0.462 e. The van der Waals surface area contributed by atoms with Crippen LogP contribution >= 0.6 is 0 Å². The van der Waals surface area contributed by atoms with Crippen LogP contribution < -0.4 is 0 Å². The van der Waals surface area contributed by atoms with E-state index in [1.54, 1.807) is 0 Å². The number of carbonyl (C=O) groups excluding carboxylic acids is 2. The van der Waals surface area contributed by atoms with Crippen molar-refractivity contribution in [1.29, 1.82) is 0 Å². The molecule has 5 heteroatoms. The molecule has 0 bridgehead atoms. The highest BCUT2D eigenvalue weighted by Crippen LogP contribution is 2.73. The molecule has 0 radical (unpaired) electrons. The molecule has 1 aliphatic heterocycles. The van der Waals surface area contributed by atoms with Crippen molar-refractivity contribution in [3.8, 4) is 0 Å². The molecule has 1 saturated heterocycles. The minimum atomic E-state index is -0.842. The number of hydrogen-bond donors (Lipinski definition) is 1. The van der Waals surface area contributed by atoms with E-state index in [2.05, 4.69) is 40.7 Å². The number of aliphatic hydroxyl groups excluding tert-OH is 1. The first-order valence-corrected chi connectivity index (χ1v) is 12.6. The van der Waals surface area contributed by atoms with Gasteiger partial charge in [0.15, 0.2) is 6.29 Å². The van der Waals surface area contributed by atoms with Gasteiger partial charge in [0.1, 0.15) is 11.9 Å². The standard InChI is InChI=1S/C27H40O5/c1-15(28)32-21-13-19-25(4)12-10-20(29)24(2,3)17(25)9-11-26(19,5)18-8-7-16-14-31-23(30)22(16)27(18,21)6/h7,17-19,21-23,30H,8-14H2,1-6H3/t17-,18-,19+,21-,22+,23+,25-,26-,27+/m0/s1. The summed E-state index contributed by atoms with van der Waals surface area (Å²) in [6.07, 6.45) is 6.65. The van der Waals surface area contributed by atoms with Crippen LogP contribution in [-0.2, 0) is 19.1 Å². The van der Waals surface area contributed by atoms with E-state index >= 15 is 0 Å². The van der Waals surface area contributed by atoms with Crippen LogP contribution in [0.25, 0.3) is 0 Å². The number of aliphatic hydroxyl groups is 1. The van der Waals surface area contributed by atoms with Gasteiger partial charge in [-0.3, -0.25) is 9.59 Å². The third-order valence-electron chi connectivity index (χ3n) is 11.2. The Bertz CT molecular complexity index is 875. The van der Waals surface area contributed by atoms with E-state index in [1.807, 2.05) is 0 Å². The Morgan fingerprint density at radius 1 is 1.09 bits per heavy atom. The van der Waals surface area contributed by atoms with Gasteiger partial charge in [0.25, 0.3) is 0 Å². The highest BCUT2D eigenvalue weighted by Gasteiger charge is 2.70. The molecule has 4 fully saturated rings. The summed E-state index contributed by atoms with van der Waals surface area (Å²) in [5, 5.41) is 10.9. The zero-order valence-corrected chi connectivity index (χ0v) is 20.6. The third-order valence-corrected chi connectivity index (χ3v) is 11.2. The summed E-state index contributed by atoms with van der Waals surface area (Å²) in [7, 11) is 0. The van der Waals surface area contributed by atoms with Gasteiger partial charge in [-0.05, 0) is 66.3 Å². The largest absolute Gasteiger partial charge is 0.462 e. The highest BCUT2D eigenvalue weighted by atomic mass is 16.6. The molecule has 1 heterocycles. The summed E-state index contributed by atoms with van der Waals surface area (Å²) >= 11 is 0. The van der Waals surface area contributed by atoms with Crippen LogP contribution in [0.5, 0.6) is 0 Å². The molecule has 0 unspecified atom stereocenters. The van der Waals surface area contributed by atoms with Crippen molar-refractivity contribution in [2.24, 2.45) is 45.3 Å². The van der Waals surface area contributed by atoms with E-state index in [1.165, 1.54) is 12.5 Å². The molecule has 0 aromatic carbocycles. The summed E-state index contributed by atoms with van der Waals surface area (Å²) < 4.78 is 11.8. The smallest absolute Gasteiger partial charge is 0.302 e. The fraction of sp³-hybridized carbons (Fsp3) is 0.852. The van der Waals surface area contributed by atoms with Gasteiger partial charge in [0.05, 0.1) is 6.61 Å². The lowest BCUT2D eigenvalue weighted by Gasteiger charge is -2.70. The number of Topliss-reactive ketones (excluding diaryl/α,β-unsaturated/α-hetero) is 1. The number of hydrogen-bond acceptors (Lipinski definition) is 5. The molecule has 0 aromatic rings. The molecule has 0 amide bonds. The zero-order chi connectivity index (χ0) is 23.3. The lowest BCUT2D eigenvalue weighted by molar-refractivity contribution is -0.250. The van der Waals surface area contributed by atoms with E-state index in [-0.39, 0.29) is 39.7 Å². The molecule has 5 rings (SSSR count). The Labute approximate surface area is 192 Å². The first-order valence-electron chi connectivity index (χ1n) is 12.6. The topological polar surface area (TPSA) is 72.8 Å². The molecule has 0 spiro atoms. The Balaban J connectivity index is 1.63. The van der Waals surface area contributed by atoms with Crippen molar-refractivity contribution in [2.75, 3.05) is 6.61 Å². The van der Waals surface area contributed by atoms with Crippen LogP contribution in [0.4, 0.5) is 0 Å². The normalized spacial score (nSPS) is 51.6. The van der Waals surface area contributed by atoms with E-state index in [9.17, 15) is 14.7 Å². The number of allylic oxidation sites excluding steroid dienone is 1. The molecule has 0 aromatic heterocycles. The van der Waals surface area contributed by atoms with Gasteiger partial charge >= 0.3 is 5.97 Å². The van der Waals surface area contributed by atoms with Gasteiger partial charge < -0.3 is 14.6 Å². The lowest BCUT2D eigenvalue weighted by atomic mass is 9.34. The highest BCUT2D eigenvalue weighted by molar-refractivity contribution is 5.85. The quantitative estimate of drug-likeness (QED) is 0.470. The first kappa shape index (κ1) is 22.6. The molecule has 5 nitrogen and oxygen atoms in total. The Hall–Kier alpha value is -1.20. The number of ketones is 1. The summed E-state index contributed by atoms with van der Waals surface area (Å²) in [6.45, 7) is 13.4. The minimum absolute atomic E-state index is 0.0406. The van der Waals surface area contributed by atoms with Gasteiger partial charge in [-0.2, -0.15) is 0 Å². The second kappa shape index (κ2) is 6.91. The number of esters is 1. The molecule has 4 aliphatic carbocycles. The Morgan fingerprint density at radius 2 is 1.78 bits per heavy atom. The fourth-order valence-electron chi connectivity index (χ4n) is 9.77. The Kier molecular flexibility index (Phi) is 4.88. The lowest BCUT2D eigenvalue weighted by Crippen LogP contribution is -2.68. The third kappa shape index (κ3) is 2.70. The first-order chi connectivity index (χ1) is 14.9. The number of fused-ring (bicyclic) bond motifs is 7. The van der Waals surface area contributed by atoms with E-state index in [0.717, 1.165) is 32.1 Å². The van der Waals surface area contributed by atoms with Crippen LogP contribution in [0.15, 0.2) is 11.6 Å². The van der Waals surface area contributed by atoms with E-state index < -0.39 is 6.29 Å². The second-order valence-corrected chi connectivity index (χ2v) is 12.7. The Morgan fingerprint density at radius 3 is 2.47 bits per heavy atom. The van der Waals surface area contributed by atoms with Gasteiger partial charge in [0, 0.05) is 30.1 Å². The molecule has 1 N–H and O–H groups in total. The maximum absolute atomic E-state index is 12.9. The summed E-state index contributed by atoms with van der Waals surface area (Å²) in [5.74, 6) is 1.04. The van der Waals surface area contributed by atoms with Gasteiger partial charge in [0.2, 0.25) is 0 Å². The monoisotopic (exact) mass is 444 g/mol. The van der Waals surface area contributed by atoms with Crippen LogP contribution in [0, 0.1) is 45.3 Å². The van der Waals surface area contributed by atoms with Gasteiger partial charge in [-0.15, -0.1) is 0 Å². The molecular weight excluding hydrogens is 404 g/mol. The summed E-state index contributed by atoms with van der Waals surface area (Å²) in [5.41, 5.74) is 0.609. The summed E-state index contributed by atoms with van der Waals surface area (Å²) in [4.78, 5) is 25.2. The van der Waals surface area contributed by atoms with Crippen molar-refractivity contribution in [3.63, 3.8) is 0 Å². The molecule has 178 valence electrons. The van der Waals surface area contributed by atoms with Crippen molar-refractivity contribution in [2.45, 2.75) is 92.5 Å². The SMILES string of the molecule is CC(=O)O[C@H]1C[C@@H]2[C@@]3(C)CCC(=O)C(C)(C)[C@@H]3CC[C@@]2(C)[C@@H]2CC=C3CO[C@@H](O)[C@@H]3[C@@]12C. The van der Waals surface area contributed by atoms with Crippen molar-refractivity contribution >= 4 is 11.8 Å². The van der Waals surface area contributed by atoms with Gasteiger partial charge in [-0.1, -0.05) is 40.7 Å². The number of rotatable bonds is 1. The molecule has 32 heavy (non-hydrogen) atoms.